The topological polar surface area (TPSA) is 57.6 Å². The maximum atomic E-state index is 12.3. The molecule has 4 nitrogen and oxygen atoms in total. The third-order valence-corrected chi connectivity index (χ3v) is 3.80. The van der Waals surface area contributed by atoms with Crippen LogP contribution in [0.15, 0.2) is 30.3 Å². The summed E-state index contributed by atoms with van der Waals surface area (Å²) in [4.78, 5) is 25.0. The molecule has 1 amide bonds. The number of carbonyl (C=O) groups excluding carboxylic acids is 1. The van der Waals surface area contributed by atoms with Gasteiger partial charge in [-0.3, -0.25) is 9.59 Å². The van der Waals surface area contributed by atoms with Crippen molar-refractivity contribution < 1.29 is 14.7 Å². The van der Waals surface area contributed by atoms with Gasteiger partial charge in [-0.15, -0.1) is 0 Å². The van der Waals surface area contributed by atoms with Crippen LogP contribution in [0.1, 0.15) is 50.1 Å². The number of carboxylic acids is 1. The van der Waals surface area contributed by atoms with Crippen molar-refractivity contribution >= 4 is 11.9 Å². The van der Waals surface area contributed by atoms with Crippen molar-refractivity contribution in [1.82, 2.24) is 4.90 Å². The highest BCUT2D eigenvalue weighted by molar-refractivity contribution is 5.77. The smallest absolute Gasteiger partial charge is 0.303 e. The van der Waals surface area contributed by atoms with Gasteiger partial charge in [-0.2, -0.15) is 0 Å². The van der Waals surface area contributed by atoms with E-state index in [2.05, 4.69) is 0 Å². The average Bonchev–Trinajstić information content (AvgIpc) is 2.65. The van der Waals surface area contributed by atoms with Gasteiger partial charge in [0.1, 0.15) is 0 Å². The van der Waals surface area contributed by atoms with E-state index in [4.69, 9.17) is 5.11 Å². The number of aliphatic carboxylic acids is 1. The van der Waals surface area contributed by atoms with Crippen LogP contribution in [0.25, 0.3) is 0 Å². The average molecular weight is 275 g/mol. The molecule has 1 aliphatic heterocycles. The first kappa shape index (κ1) is 14.6. The zero-order chi connectivity index (χ0) is 14.4. The molecule has 1 N–H and O–H groups in total. The summed E-state index contributed by atoms with van der Waals surface area (Å²) in [7, 11) is 0. The lowest BCUT2D eigenvalue weighted by Crippen LogP contribution is -2.34. The summed E-state index contributed by atoms with van der Waals surface area (Å²) in [5.41, 5.74) is 1.03. The Hall–Kier alpha value is -1.84. The van der Waals surface area contributed by atoms with E-state index in [1.165, 1.54) is 0 Å². The summed E-state index contributed by atoms with van der Waals surface area (Å²) in [6, 6.07) is 9.65. The fraction of sp³-hybridized carbons (Fsp3) is 0.500. The number of carbonyl (C=O) groups is 2. The van der Waals surface area contributed by atoms with E-state index in [1.807, 2.05) is 35.2 Å². The van der Waals surface area contributed by atoms with Crippen LogP contribution in [0.4, 0.5) is 0 Å². The van der Waals surface area contributed by atoms with Gasteiger partial charge in [0.2, 0.25) is 5.91 Å². The first-order valence-corrected chi connectivity index (χ1v) is 7.24. The maximum absolute atomic E-state index is 12.3. The molecule has 108 valence electrons. The molecule has 1 atom stereocenters. The van der Waals surface area contributed by atoms with E-state index in [1.54, 1.807) is 0 Å². The van der Waals surface area contributed by atoms with Crippen molar-refractivity contribution in [2.24, 2.45) is 0 Å². The fourth-order valence-electron chi connectivity index (χ4n) is 2.77. The lowest BCUT2D eigenvalue weighted by molar-refractivity contribution is -0.139. The zero-order valence-corrected chi connectivity index (χ0v) is 11.6. The van der Waals surface area contributed by atoms with Crippen molar-refractivity contribution in [2.75, 3.05) is 6.54 Å². The number of hydrogen-bond acceptors (Lipinski definition) is 2. The minimum Gasteiger partial charge on any atom is -0.481 e. The predicted octanol–water partition coefficient (Wildman–Crippen LogP) is 3.00. The van der Waals surface area contributed by atoms with Gasteiger partial charge in [-0.1, -0.05) is 36.8 Å². The molecule has 0 saturated carbocycles. The lowest BCUT2D eigenvalue weighted by Gasteiger charge is -2.31. The van der Waals surface area contributed by atoms with Crippen LogP contribution in [0.5, 0.6) is 0 Å². The third-order valence-electron chi connectivity index (χ3n) is 3.80. The summed E-state index contributed by atoms with van der Waals surface area (Å²) in [6.45, 7) is 0.734. The predicted molar refractivity (Wildman–Crippen MR) is 76.2 cm³/mol. The minimum atomic E-state index is -0.812. The monoisotopic (exact) mass is 275 g/mol. The minimum absolute atomic E-state index is 0.0866. The molecule has 0 aromatic heterocycles. The highest BCUT2D eigenvalue weighted by Crippen LogP contribution is 2.28. The van der Waals surface area contributed by atoms with Gasteiger partial charge < -0.3 is 10.0 Å². The molecule has 1 saturated heterocycles. The molecule has 1 fully saturated rings. The summed E-state index contributed by atoms with van der Waals surface area (Å²) < 4.78 is 0. The maximum Gasteiger partial charge on any atom is 0.303 e. The normalized spacial score (nSPS) is 17.6. The first-order chi connectivity index (χ1) is 9.68. The summed E-state index contributed by atoms with van der Waals surface area (Å²) in [5.74, 6) is -0.657. The van der Waals surface area contributed by atoms with Gasteiger partial charge in [0, 0.05) is 19.4 Å². The second-order valence-electron chi connectivity index (χ2n) is 5.26. The highest BCUT2D eigenvalue weighted by atomic mass is 16.4. The van der Waals surface area contributed by atoms with Crippen molar-refractivity contribution in [2.45, 2.75) is 44.6 Å². The molecule has 20 heavy (non-hydrogen) atoms. The van der Waals surface area contributed by atoms with Crippen molar-refractivity contribution in [3.8, 4) is 0 Å². The van der Waals surface area contributed by atoms with Crippen LogP contribution in [-0.4, -0.2) is 28.4 Å². The second-order valence-corrected chi connectivity index (χ2v) is 5.26. The van der Waals surface area contributed by atoms with E-state index in [-0.39, 0.29) is 18.4 Å². The molecule has 0 aliphatic carbocycles. The van der Waals surface area contributed by atoms with Crippen molar-refractivity contribution in [3.63, 3.8) is 0 Å². The fourth-order valence-corrected chi connectivity index (χ4v) is 2.77. The molecule has 0 spiro atoms. The molecule has 1 aliphatic rings. The second kappa shape index (κ2) is 7.08. The van der Waals surface area contributed by atoms with Crippen LogP contribution in [0.2, 0.25) is 0 Å². The molecular weight excluding hydrogens is 254 g/mol. The molecule has 0 bridgehead atoms. The van der Waals surface area contributed by atoms with Gasteiger partial charge in [0.15, 0.2) is 0 Å². The lowest BCUT2D eigenvalue weighted by atomic mass is 9.99. The number of benzene rings is 1. The van der Waals surface area contributed by atoms with E-state index in [0.29, 0.717) is 12.8 Å². The molecule has 1 aromatic rings. The molecule has 2 rings (SSSR count). The summed E-state index contributed by atoms with van der Waals surface area (Å²) >= 11 is 0. The van der Waals surface area contributed by atoms with Gasteiger partial charge >= 0.3 is 5.97 Å². The van der Waals surface area contributed by atoms with E-state index in [0.717, 1.165) is 31.4 Å². The molecule has 1 unspecified atom stereocenters. The van der Waals surface area contributed by atoms with Gasteiger partial charge in [-0.25, -0.2) is 0 Å². The Balaban J connectivity index is 2.20. The summed E-state index contributed by atoms with van der Waals surface area (Å²) in [6.07, 6.45) is 4.16. The number of likely N-dealkylation sites (tertiary alicyclic amines) is 1. The number of nitrogens with zero attached hydrogens (tertiary/aromatic N) is 1. The quantitative estimate of drug-likeness (QED) is 0.898. The Morgan fingerprint density at radius 1 is 1.20 bits per heavy atom. The van der Waals surface area contributed by atoms with Gasteiger partial charge in [0.25, 0.3) is 0 Å². The van der Waals surface area contributed by atoms with Crippen molar-refractivity contribution in [1.29, 1.82) is 0 Å². The van der Waals surface area contributed by atoms with E-state index < -0.39 is 5.97 Å². The molecule has 1 heterocycles. The highest BCUT2D eigenvalue weighted by Gasteiger charge is 2.26. The Bertz CT molecular complexity index is 458. The van der Waals surface area contributed by atoms with Crippen molar-refractivity contribution in [3.05, 3.63) is 35.9 Å². The number of amides is 1. The molecular formula is C16H21NO3. The third kappa shape index (κ3) is 3.83. The Kier molecular flexibility index (Phi) is 5.16. The molecule has 1 aromatic carbocycles. The SMILES string of the molecule is O=C(O)CCC(c1ccccc1)N1CCCCCC1=O. The van der Waals surface area contributed by atoms with Gasteiger partial charge in [-0.05, 0) is 24.8 Å². The molecule has 0 radical (unpaired) electrons. The Morgan fingerprint density at radius 3 is 2.65 bits per heavy atom. The Labute approximate surface area is 119 Å². The van der Waals surface area contributed by atoms with E-state index >= 15 is 0 Å². The largest absolute Gasteiger partial charge is 0.481 e. The standard InChI is InChI=1S/C16H21NO3/c18-15-9-5-2-6-12-17(15)14(10-11-16(19)20)13-7-3-1-4-8-13/h1,3-4,7-8,14H,2,5-6,9-12H2,(H,19,20). The number of hydrogen-bond donors (Lipinski definition) is 1. The van der Waals surface area contributed by atoms with Crippen LogP contribution in [0.3, 0.4) is 0 Å². The van der Waals surface area contributed by atoms with Crippen LogP contribution in [0, 0.1) is 0 Å². The first-order valence-electron chi connectivity index (χ1n) is 7.24. The number of carboxylic acid groups (broad SMARTS) is 1. The Morgan fingerprint density at radius 2 is 1.95 bits per heavy atom. The van der Waals surface area contributed by atoms with Crippen LogP contribution >= 0.6 is 0 Å². The summed E-state index contributed by atoms with van der Waals surface area (Å²) in [5, 5.41) is 8.93. The van der Waals surface area contributed by atoms with Crippen LogP contribution < -0.4 is 0 Å². The number of rotatable bonds is 5. The zero-order valence-electron chi connectivity index (χ0n) is 11.6. The molecule has 4 heteroatoms. The van der Waals surface area contributed by atoms with Gasteiger partial charge in [0.05, 0.1) is 6.04 Å². The van der Waals surface area contributed by atoms with E-state index in [9.17, 15) is 9.59 Å². The van der Waals surface area contributed by atoms with Crippen LogP contribution in [-0.2, 0) is 9.59 Å².